The van der Waals surface area contributed by atoms with Crippen molar-refractivity contribution in [2.45, 2.75) is 57.8 Å². The lowest BCUT2D eigenvalue weighted by atomic mass is 9.81. The summed E-state index contributed by atoms with van der Waals surface area (Å²) in [6.45, 7) is -1.26. The molecule has 2 fully saturated rings. The lowest BCUT2D eigenvalue weighted by molar-refractivity contribution is -0.126. The Hall–Kier alpha value is -2.10. The van der Waals surface area contributed by atoms with Gasteiger partial charge >= 0.3 is 12.7 Å². The molecule has 1 aromatic rings. The van der Waals surface area contributed by atoms with Crippen LogP contribution in [0.1, 0.15) is 50.6 Å². The summed E-state index contributed by atoms with van der Waals surface area (Å²) in [5.41, 5.74) is 0.191. The Morgan fingerprint density at radius 2 is 1.81 bits per heavy atom. The highest BCUT2D eigenvalue weighted by Gasteiger charge is 2.34. The van der Waals surface area contributed by atoms with Gasteiger partial charge in [-0.2, -0.15) is 13.2 Å². The van der Waals surface area contributed by atoms with Gasteiger partial charge in [-0.15, -0.1) is 0 Å². The lowest BCUT2D eigenvalue weighted by Gasteiger charge is -2.37. The molecule has 1 saturated carbocycles. The number of nitrogens with one attached hydrogen (secondary N) is 2. The highest BCUT2D eigenvalue weighted by Crippen LogP contribution is 2.37. The topological polar surface area (TPSA) is 61.4 Å². The molecule has 0 aromatic heterocycles. The van der Waals surface area contributed by atoms with E-state index in [0.717, 1.165) is 38.2 Å². The van der Waals surface area contributed by atoms with Crippen LogP contribution in [0.15, 0.2) is 12.1 Å². The second-order valence-corrected chi connectivity index (χ2v) is 7.88. The number of carbonyl (C=O) groups is 2. The van der Waals surface area contributed by atoms with Gasteiger partial charge in [0, 0.05) is 18.7 Å². The van der Waals surface area contributed by atoms with Crippen LogP contribution in [0, 0.1) is 17.6 Å². The Morgan fingerprint density at radius 1 is 1.19 bits per heavy atom. The maximum absolute atomic E-state index is 14.7. The zero-order valence-electron chi connectivity index (χ0n) is 16.9. The van der Waals surface area contributed by atoms with Crippen LogP contribution in [-0.2, 0) is 4.79 Å². The van der Waals surface area contributed by atoms with Gasteiger partial charge in [0.1, 0.15) is 22.7 Å². The van der Waals surface area contributed by atoms with E-state index in [1.165, 1.54) is 11.0 Å². The molecule has 0 bridgehead atoms. The molecule has 1 aliphatic carbocycles. The fourth-order valence-corrected chi connectivity index (χ4v) is 4.15. The van der Waals surface area contributed by atoms with Crippen molar-refractivity contribution in [3.05, 3.63) is 34.4 Å². The van der Waals surface area contributed by atoms with Crippen molar-refractivity contribution in [1.29, 1.82) is 0 Å². The second-order valence-electron chi connectivity index (χ2n) is 7.50. The standard InChI is InChI=1S/C19H24ClF2N3O2.CHF3/c1-11-18(26)23-9-10-25(11)19(27)24-17(12-5-3-2-4-6-12)13-7-8-14(21)15(20)16(13)22;2-1(3)4/h7-8,11-12,17H,2-6,9-10H2,1H3,(H,23,26)(H,24,27);1H. The van der Waals surface area contributed by atoms with Crippen LogP contribution in [0.2, 0.25) is 5.02 Å². The van der Waals surface area contributed by atoms with Gasteiger partial charge in [-0.25, -0.2) is 13.6 Å². The third-order valence-corrected chi connectivity index (χ3v) is 5.91. The Morgan fingerprint density at radius 3 is 2.42 bits per heavy atom. The van der Waals surface area contributed by atoms with Crippen LogP contribution in [0.4, 0.5) is 26.7 Å². The molecule has 3 rings (SSSR count). The monoisotopic (exact) mass is 469 g/mol. The molecule has 5 nitrogen and oxygen atoms in total. The summed E-state index contributed by atoms with van der Waals surface area (Å²) in [4.78, 5) is 26.1. The van der Waals surface area contributed by atoms with Crippen molar-refractivity contribution in [3.8, 4) is 0 Å². The van der Waals surface area contributed by atoms with Crippen LogP contribution in [0.5, 0.6) is 0 Å². The molecule has 1 aromatic carbocycles. The third-order valence-electron chi connectivity index (χ3n) is 5.56. The minimum atomic E-state index is -3.67. The average molecular weight is 470 g/mol. The molecule has 3 amide bonds. The van der Waals surface area contributed by atoms with Crippen molar-refractivity contribution < 1.29 is 31.5 Å². The summed E-state index contributed by atoms with van der Waals surface area (Å²) >= 11 is 5.77. The van der Waals surface area contributed by atoms with E-state index in [4.69, 9.17) is 11.6 Å². The molecule has 2 atom stereocenters. The number of piperazine rings is 1. The van der Waals surface area contributed by atoms with E-state index in [1.807, 2.05) is 0 Å². The van der Waals surface area contributed by atoms with Gasteiger partial charge in [0.05, 0.1) is 6.04 Å². The summed E-state index contributed by atoms with van der Waals surface area (Å²) in [5.74, 6) is -1.85. The average Bonchev–Trinajstić information content (AvgIpc) is 2.73. The van der Waals surface area contributed by atoms with Gasteiger partial charge in [0.25, 0.3) is 0 Å². The molecule has 1 heterocycles. The highest BCUT2D eigenvalue weighted by molar-refractivity contribution is 6.31. The Bertz CT molecular complexity index is 775. The molecule has 2 aliphatic rings. The Balaban J connectivity index is 0.000000785. The second kappa shape index (κ2) is 11.5. The van der Waals surface area contributed by atoms with E-state index in [9.17, 15) is 31.5 Å². The molecule has 1 saturated heterocycles. The van der Waals surface area contributed by atoms with E-state index in [-0.39, 0.29) is 17.4 Å². The molecule has 0 spiro atoms. The minimum absolute atomic E-state index is 0.0349. The smallest absolute Gasteiger partial charge is 0.353 e. The molecule has 31 heavy (non-hydrogen) atoms. The number of alkyl halides is 3. The Labute approximate surface area is 182 Å². The summed E-state index contributed by atoms with van der Waals surface area (Å²) in [7, 11) is 0. The zero-order valence-corrected chi connectivity index (χ0v) is 17.7. The number of amides is 3. The molecule has 1 aliphatic heterocycles. The fourth-order valence-electron chi connectivity index (χ4n) is 3.97. The number of benzene rings is 1. The molecule has 2 unspecified atom stereocenters. The normalized spacial score (nSPS) is 20.6. The van der Waals surface area contributed by atoms with Crippen molar-refractivity contribution in [1.82, 2.24) is 15.5 Å². The van der Waals surface area contributed by atoms with Crippen LogP contribution in [-0.4, -0.2) is 42.6 Å². The van der Waals surface area contributed by atoms with Gasteiger partial charge in [-0.05, 0) is 31.7 Å². The number of nitrogens with zero attached hydrogens (tertiary/aromatic N) is 1. The lowest BCUT2D eigenvalue weighted by Crippen LogP contribution is -2.58. The van der Waals surface area contributed by atoms with E-state index in [0.29, 0.717) is 13.1 Å². The van der Waals surface area contributed by atoms with Crippen LogP contribution in [0.3, 0.4) is 0 Å². The first-order chi connectivity index (χ1) is 14.6. The van der Waals surface area contributed by atoms with Crippen LogP contribution >= 0.6 is 11.6 Å². The summed E-state index contributed by atoms with van der Waals surface area (Å²) < 4.78 is 57.3. The number of hydrogen-bond donors (Lipinski definition) is 2. The molecular formula is C20H25ClF5N3O2. The maximum atomic E-state index is 14.7. The first-order valence-corrected chi connectivity index (χ1v) is 10.4. The van der Waals surface area contributed by atoms with Gasteiger partial charge in [0.15, 0.2) is 0 Å². The van der Waals surface area contributed by atoms with E-state index in [2.05, 4.69) is 10.6 Å². The SMILES string of the molecule is CC1C(=O)NCCN1C(=O)NC(c1ccc(F)c(Cl)c1F)C1CCCCC1.FC(F)F. The predicted molar refractivity (Wildman–Crippen MR) is 106 cm³/mol. The van der Waals surface area contributed by atoms with Gasteiger partial charge in [-0.3, -0.25) is 4.79 Å². The van der Waals surface area contributed by atoms with Crippen molar-refractivity contribution in [2.24, 2.45) is 5.92 Å². The third kappa shape index (κ3) is 6.69. The first-order valence-electron chi connectivity index (χ1n) is 10.0. The van der Waals surface area contributed by atoms with E-state index < -0.39 is 41.5 Å². The fraction of sp³-hybridized carbons (Fsp3) is 0.600. The summed E-state index contributed by atoms with van der Waals surface area (Å²) in [6, 6.07) is 0.829. The number of urea groups is 1. The highest BCUT2D eigenvalue weighted by atomic mass is 35.5. The van der Waals surface area contributed by atoms with E-state index >= 15 is 0 Å². The molecule has 0 radical (unpaired) electrons. The number of hydrogen-bond acceptors (Lipinski definition) is 2. The maximum Gasteiger partial charge on any atom is 0.379 e. The largest absolute Gasteiger partial charge is 0.379 e. The van der Waals surface area contributed by atoms with Crippen molar-refractivity contribution in [2.75, 3.05) is 13.1 Å². The first kappa shape index (κ1) is 25.2. The van der Waals surface area contributed by atoms with Crippen molar-refractivity contribution >= 4 is 23.5 Å². The van der Waals surface area contributed by atoms with Crippen molar-refractivity contribution in [3.63, 3.8) is 0 Å². The predicted octanol–water partition coefficient (Wildman–Crippen LogP) is 4.95. The molecule has 174 valence electrons. The summed E-state index contributed by atoms with van der Waals surface area (Å²) in [5, 5.41) is 5.04. The molecule has 2 N–H and O–H groups in total. The van der Waals surface area contributed by atoms with Gasteiger partial charge < -0.3 is 15.5 Å². The molecule has 11 heteroatoms. The zero-order chi connectivity index (χ0) is 23.1. The molecular weight excluding hydrogens is 445 g/mol. The number of carbonyl (C=O) groups excluding carboxylic acids is 2. The number of halogens is 6. The van der Waals surface area contributed by atoms with Gasteiger partial charge in [0.2, 0.25) is 5.91 Å². The summed E-state index contributed by atoms with van der Waals surface area (Å²) in [6.07, 6.45) is 4.78. The quantitative estimate of drug-likeness (QED) is 0.486. The number of rotatable bonds is 3. The van der Waals surface area contributed by atoms with Crippen LogP contribution < -0.4 is 10.6 Å². The van der Waals surface area contributed by atoms with E-state index in [1.54, 1.807) is 6.92 Å². The van der Waals surface area contributed by atoms with Gasteiger partial charge in [-0.1, -0.05) is 36.9 Å². The van der Waals surface area contributed by atoms with Crippen LogP contribution in [0.25, 0.3) is 0 Å². The Kier molecular flexibility index (Phi) is 9.33. The minimum Gasteiger partial charge on any atom is -0.353 e.